The van der Waals surface area contributed by atoms with Crippen molar-refractivity contribution in [2.45, 2.75) is 25.2 Å². The fraction of sp³-hybridized carbons (Fsp3) is 0.241. The van der Waals surface area contributed by atoms with Crippen molar-refractivity contribution >= 4 is 17.9 Å². The average molecular weight is 471 g/mol. The Balaban J connectivity index is 1.39. The second kappa shape index (κ2) is 12.0. The summed E-state index contributed by atoms with van der Waals surface area (Å²) in [6.07, 6.45) is 4.87. The first kappa shape index (κ1) is 24.2. The van der Waals surface area contributed by atoms with Gasteiger partial charge in [-0.1, -0.05) is 54.6 Å². The Kier molecular flexibility index (Phi) is 8.30. The van der Waals surface area contributed by atoms with Crippen LogP contribution >= 0.6 is 0 Å². The van der Waals surface area contributed by atoms with Crippen LogP contribution in [0.25, 0.3) is 6.08 Å². The molecule has 180 valence electrons. The third kappa shape index (κ3) is 7.29. The molecular weight excluding hydrogens is 440 g/mol. The van der Waals surface area contributed by atoms with Gasteiger partial charge in [-0.05, 0) is 65.8 Å². The van der Waals surface area contributed by atoms with E-state index in [1.54, 1.807) is 30.3 Å². The summed E-state index contributed by atoms with van der Waals surface area (Å²) in [5.41, 5.74) is 3.83. The lowest BCUT2D eigenvalue weighted by atomic mass is 10.1. The van der Waals surface area contributed by atoms with E-state index in [9.17, 15) is 9.59 Å². The van der Waals surface area contributed by atoms with Gasteiger partial charge in [0.2, 0.25) is 0 Å². The maximum Gasteiger partial charge on any atom is 0.267 e. The number of hydrogen-bond donors (Lipinski definition) is 3. The maximum absolute atomic E-state index is 12.9. The molecule has 3 aromatic rings. The predicted octanol–water partition coefficient (Wildman–Crippen LogP) is 4.06. The minimum absolute atomic E-state index is 0.0989. The van der Waals surface area contributed by atoms with Gasteiger partial charge in [-0.3, -0.25) is 9.59 Å². The molecule has 0 radical (unpaired) electrons. The minimum Gasteiger partial charge on any atom is -0.493 e. The predicted molar refractivity (Wildman–Crippen MR) is 136 cm³/mol. The Morgan fingerprint density at radius 2 is 1.66 bits per heavy atom. The standard InChI is InChI=1S/C29H30N2O4/c32-18-17-30-29(34)27(20-22-6-8-23(9-7-22)24-10-11-24)31-28(33)25-12-14-26(15-13-25)35-19-16-21-4-2-1-3-5-21/h1-9,12-15,20,24,32H,10-11,16-19H2,(H,30,34)(H,31,33)/b27-20+. The Morgan fingerprint density at radius 1 is 0.943 bits per heavy atom. The molecule has 0 spiro atoms. The lowest BCUT2D eigenvalue weighted by molar-refractivity contribution is -0.117. The van der Waals surface area contributed by atoms with E-state index in [1.165, 1.54) is 24.0 Å². The molecule has 0 bridgehead atoms. The van der Waals surface area contributed by atoms with Crippen LogP contribution in [0.5, 0.6) is 5.75 Å². The zero-order valence-electron chi connectivity index (χ0n) is 19.6. The summed E-state index contributed by atoms with van der Waals surface area (Å²) in [4.78, 5) is 25.5. The smallest absolute Gasteiger partial charge is 0.267 e. The monoisotopic (exact) mass is 470 g/mol. The molecule has 1 saturated carbocycles. The molecule has 3 aromatic carbocycles. The fourth-order valence-corrected chi connectivity index (χ4v) is 3.70. The van der Waals surface area contributed by atoms with Crippen LogP contribution in [0.4, 0.5) is 0 Å². The molecule has 0 aromatic heterocycles. The number of aliphatic hydroxyl groups excluding tert-OH is 1. The number of benzene rings is 3. The van der Waals surface area contributed by atoms with Gasteiger partial charge in [-0.15, -0.1) is 0 Å². The normalized spacial score (nSPS) is 13.2. The number of rotatable bonds is 11. The number of hydrogen-bond acceptors (Lipinski definition) is 4. The van der Waals surface area contributed by atoms with E-state index in [1.807, 2.05) is 30.3 Å². The van der Waals surface area contributed by atoms with Crippen molar-refractivity contribution in [2.75, 3.05) is 19.8 Å². The van der Waals surface area contributed by atoms with Crippen molar-refractivity contribution in [3.05, 3.63) is 107 Å². The zero-order chi connectivity index (χ0) is 24.5. The highest BCUT2D eigenvalue weighted by Crippen LogP contribution is 2.39. The summed E-state index contributed by atoms with van der Waals surface area (Å²) in [7, 11) is 0. The van der Waals surface area contributed by atoms with Crippen LogP contribution in [0.15, 0.2) is 84.6 Å². The van der Waals surface area contributed by atoms with E-state index >= 15 is 0 Å². The van der Waals surface area contributed by atoms with E-state index in [2.05, 4.69) is 34.9 Å². The molecule has 4 rings (SSSR count). The van der Waals surface area contributed by atoms with Gasteiger partial charge in [-0.2, -0.15) is 0 Å². The van der Waals surface area contributed by atoms with Crippen molar-refractivity contribution < 1.29 is 19.4 Å². The van der Waals surface area contributed by atoms with E-state index in [-0.39, 0.29) is 18.8 Å². The second-order valence-corrected chi connectivity index (χ2v) is 8.54. The summed E-state index contributed by atoms with van der Waals surface area (Å²) in [6.45, 7) is 0.448. The highest BCUT2D eigenvalue weighted by atomic mass is 16.5. The topological polar surface area (TPSA) is 87.7 Å². The summed E-state index contributed by atoms with van der Waals surface area (Å²) in [5.74, 6) is 0.454. The lowest BCUT2D eigenvalue weighted by Crippen LogP contribution is -2.36. The first-order chi connectivity index (χ1) is 17.1. The van der Waals surface area contributed by atoms with Gasteiger partial charge in [-0.25, -0.2) is 0 Å². The van der Waals surface area contributed by atoms with Gasteiger partial charge < -0.3 is 20.5 Å². The molecule has 6 nitrogen and oxygen atoms in total. The van der Waals surface area contributed by atoms with Gasteiger partial charge in [0.05, 0.1) is 13.2 Å². The zero-order valence-corrected chi connectivity index (χ0v) is 19.6. The van der Waals surface area contributed by atoms with Crippen LogP contribution in [-0.2, 0) is 11.2 Å². The van der Waals surface area contributed by atoms with Gasteiger partial charge in [0.15, 0.2) is 0 Å². The fourth-order valence-electron chi connectivity index (χ4n) is 3.70. The van der Waals surface area contributed by atoms with Crippen LogP contribution in [-0.4, -0.2) is 36.7 Å². The Bertz CT molecular complexity index is 1150. The van der Waals surface area contributed by atoms with Crippen molar-refractivity contribution in [3.63, 3.8) is 0 Å². The van der Waals surface area contributed by atoms with Crippen LogP contribution < -0.4 is 15.4 Å². The largest absolute Gasteiger partial charge is 0.493 e. The third-order valence-electron chi connectivity index (χ3n) is 5.81. The number of nitrogens with one attached hydrogen (secondary N) is 2. The summed E-state index contributed by atoms with van der Waals surface area (Å²) in [6, 6.07) is 24.9. The quantitative estimate of drug-likeness (QED) is 0.369. The summed E-state index contributed by atoms with van der Waals surface area (Å²) in [5, 5.41) is 14.4. The van der Waals surface area contributed by atoms with Crippen LogP contribution in [0.2, 0.25) is 0 Å². The molecule has 1 aliphatic carbocycles. The molecule has 2 amide bonds. The Hall–Kier alpha value is -3.90. The van der Waals surface area contributed by atoms with E-state index in [4.69, 9.17) is 9.84 Å². The van der Waals surface area contributed by atoms with Gasteiger partial charge >= 0.3 is 0 Å². The molecule has 0 unspecified atom stereocenters. The third-order valence-corrected chi connectivity index (χ3v) is 5.81. The molecule has 0 heterocycles. The SMILES string of the molecule is O=C(NCCO)/C(=C\c1ccc(C2CC2)cc1)NC(=O)c1ccc(OCCc2ccccc2)cc1. The molecule has 0 atom stereocenters. The maximum atomic E-state index is 12.9. The highest BCUT2D eigenvalue weighted by molar-refractivity contribution is 6.05. The first-order valence-corrected chi connectivity index (χ1v) is 11.9. The lowest BCUT2D eigenvalue weighted by Gasteiger charge is -2.12. The van der Waals surface area contributed by atoms with Gasteiger partial charge in [0, 0.05) is 18.5 Å². The summed E-state index contributed by atoms with van der Waals surface area (Å²) >= 11 is 0. The molecule has 0 aliphatic heterocycles. The number of aliphatic hydroxyl groups is 1. The number of amides is 2. The highest BCUT2D eigenvalue weighted by Gasteiger charge is 2.23. The molecular formula is C29H30N2O4. The minimum atomic E-state index is -0.459. The Morgan fingerprint density at radius 3 is 2.31 bits per heavy atom. The summed E-state index contributed by atoms with van der Waals surface area (Å²) < 4.78 is 5.79. The first-order valence-electron chi connectivity index (χ1n) is 11.9. The van der Waals surface area contributed by atoms with Gasteiger partial charge in [0.25, 0.3) is 11.8 Å². The van der Waals surface area contributed by atoms with Crippen molar-refractivity contribution in [1.82, 2.24) is 10.6 Å². The molecule has 35 heavy (non-hydrogen) atoms. The molecule has 1 aliphatic rings. The van der Waals surface area contributed by atoms with E-state index in [0.717, 1.165) is 12.0 Å². The van der Waals surface area contributed by atoms with Crippen molar-refractivity contribution in [1.29, 1.82) is 0 Å². The second-order valence-electron chi connectivity index (χ2n) is 8.54. The molecule has 1 fully saturated rings. The number of carbonyl (C=O) groups excluding carboxylic acids is 2. The molecule has 0 saturated heterocycles. The van der Waals surface area contributed by atoms with Crippen LogP contribution in [0, 0.1) is 0 Å². The number of ether oxygens (including phenoxy) is 1. The molecule has 6 heteroatoms. The average Bonchev–Trinajstić information content (AvgIpc) is 3.74. The van der Waals surface area contributed by atoms with E-state index < -0.39 is 11.8 Å². The molecule has 3 N–H and O–H groups in total. The van der Waals surface area contributed by atoms with Crippen LogP contribution in [0.3, 0.4) is 0 Å². The van der Waals surface area contributed by atoms with E-state index in [0.29, 0.717) is 23.8 Å². The number of carbonyl (C=O) groups is 2. The van der Waals surface area contributed by atoms with Crippen LogP contribution in [0.1, 0.15) is 45.8 Å². The van der Waals surface area contributed by atoms with Gasteiger partial charge in [0.1, 0.15) is 11.4 Å². The Labute approximate surface area is 205 Å². The van der Waals surface area contributed by atoms with Crippen molar-refractivity contribution in [2.24, 2.45) is 0 Å². The van der Waals surface area contributed by atoms with Crippen molar-refractivity contribution in [3.8, 4) is 5.75 Å².